The molecule has 0 radical (unpaired) electrons. The zero-order valence-electron chi connectivity index (χ0n) is 9.70. The third kappa shape index (κ3) is 3.57. The number of nitrogens with zero attached hydrogens (tertiary/aromatic N) is 2. The molecule has 100 valence electrons. The standard InChI is InChI=1S/C12H8ClF3N2O/c1-7-6-10(18-11(13)17-7)19-9-4-2-8(3-5-9)12(14,15)16/h2-6H,1H3. The van der Waals surface area contributed by atoms with E-state index in [1.807, 2.05) is 0 Å². The van der Waals surface area contributed by atoms with Crippen LogP contribution in [0, 0.1) is 6.92 Å². The predicted octanol–water partition coefficient (Wildman–Crippen LogP) is 4.25. The van der Waals surface area contributed by atoms with Crippen LogP contribution in [0.2, 0.25) is 5.28 Å². The molecule has 0 amide bonds. The summed E-state index contributed by atoms with van der Waals surface area (Å²) in [5.74, 6) is 0.416. The molecule has 0 atom stereocenters. The molecule has 0 saturated carbocycles. The lowest BCUT2D eigenvalue weighted by molar-refractivity contribution is -0.137. The van der Waals surface area contributed by atoms with Crippen LogP contribution in [0.15, 0.2) is 30.3 Å². The largest absolute Gasteiger partial charge is 0.439 e. The lowest BCUT2D eigenvalue weighted by atomic mass is 10.2. The molecule has 1 aromatic carbocycles. The minimum Gasteiger partial charge on any atom is -0.439 e. The Morgan fingerprint density at radius 1 is 1.11 bits per heavy atom. The van der Waals surface area contributed by atoms with Crippen LogP contribution in [0.1, 0.15) is 11.3 Å². The Morgan fingerprint density at radius 2 is 1.74 bits per heavy atom. The number of alkyl halides is 3. The summed E-state index contributed by atoms with van der Waals surface area (Å²) in [6, 6.07) is 5.84. The maximum absolute atomic E-state index is 12.4. The second kappa shape index (κ2) is 5.05. The zero-order chi connectivity index (χ0) is 14.0. The SMILES string of the molecule is Cc1cc(Oc2ccc(C(F)(F)F)cc2)nc(Cl)n1. The van der Waals surface area contributed by atoms with E-state index in [1.54, 1.807) is 6.92 Å². The third-order valence-electron chi connectivity index (χ3n) is 2.21. The Balaban J connectivity index is 2.20. The monoisotopic (exact) mass is 288 g/mol. The Labute approximate surface area is 112 Å². The summed E-state index contributed by atoms with van der Waals surface area (Å²) in [4.78, 5) is 7.66. The van der Waals surface area contributed by atoms with E-state index in [-0.39, 0.29) is 16.9 Å². The summed E-state index contributed by atoms with van der Waals surface area (Å²) in [5.41, 5.74) is -0.140. The molecule has 19 heavy (non-hydrogen) atoms. The molecular weight excluding hydrogens is 281 g/mol. The van der Waals surface area contributed by atoms with Gasteiger partial charge < -0.3 is 4.74 Å². The van der Waals surface area contributed by atoms with Crippen LogP contribution in [-0.4, -0.2) is 9.97 Å². The maximum atomic E-state index is 12.4. The number of hydrogen-bond acceptors (Lipinski definition) is 3. The number of aromatic nitrogens is 2. The van der Waals surface area contributed by atoms with Gasteiger partial charge in [-0.2, -0.15) is 18.2 Å². The van der Waals surface area contributed by atoms with Crippen molar-refractivity contribution < 1.29 is 17.9 Å². The van der Waals surface area contributed by atoms with E-state index in [2.05, 4.69) is 9.97 Å². The summed E-state index contributed by atoms with van der Waals surface area (Å²) < 4.78 is 42.4. The fourth-order valence-electron chi connectivity index (χ4n) is 1.39. The van der Waals surface area contributed by atoms with Crippen LogP contribution in [0.5, 0.6) is 11.6 Å². The Kier molecular flexibility index (Phi) is 3.61. The first-order valence-electron chi connectivity index (χ1n) is 5.21. The fraction of sp³-hybridized carbons (Fsp3) is 0.167. The minimum atomic E-state index is -4.37. The summed E-state index contributed by atoms with van der Waals surface area (Å²) in [5, 5.41) is 0.0157. The van der Waals surface area contributed by atoms with Gasteiger partial charge in [0, 0.05) is 11.8 Å². The van der Waals surface area contributed by atoms with Crippen molar-refractivity contribution in [2.24, 2.45) is 0 Å². The number of hydrogen-bond donors (Lipinski definition) is 0. The predicted molar refractivity (Wildman–Crippen MR) is 63.3 cm³/mol. The van der Waals surface area contributed by atoms with Crippen molar-refractivity contribution in [3.63, 3.8) is 0 Å². The van der Waals surface area contributed by atoms with Gasteiger partial charge in [0.15, 0.2) is 0 Å². The Morgan fingerprint density at radius 3 is 2.26 bits per heavy atom. The molecule has 0 N–H and O–H groups in total. The van der Waals surface area contributed by atoms with Crippen LogP contribution in [0.25, 0.3) is 0 Å². The second-order valence-electron chi connectivity index (χ2n) is 3.74. The highest BCUT2D eigenvalue weighted by molar-refractivity contribution is 6.28. The molecule has 0 aliphatic rings. The minimum absolute atomic E-state index is 0.0157. The van der Waals surface area contributed by atoms with Gasteiger partial charge in [0.2, 0.25) is 11.2 Å². The molecule has 0 aliphatic carbocycles. The van der Waals surface area contributed by atoms with E-state index in [0.29, 0.717) is 5.69 Å². The normalized spacial score (nSPS) is 11.4. The van der Waals surface area contributed by atoms with E-state index in [4.69, 9.17) is 16.3 Å². The van der Waals surface area contributed by atoms with E-state index in [9.17, 15) is 13.2 Å². The Bertz CT molecular complexity index is 564. The highest BCUT2D eigenvalue weighted by Crippen LogP contribution is 2.31. The van der Waals surface area contributed by atoms with Gasteiger partial charge in [0.25, 0.3) is 0 Å². The molecule has 1 heterocycles. The number of halogens is 4. The molecule has 0 unspecified atom stereocenters. The average molecular weight is 289 g/mol. The van der Waals surface area contributed by atoms with Crippen molar-refractivity contribution in [1.82, 2.24) is 9.97 Å². The quantitative estimate of drug-likeness (QED) is 0.775. The molecule has 1 aromatic heterocycles. The van der Waals surface area contributed by atoms with Crippen molar-refractivity contribution >= 4 is 11.6 Å². The molecule has 0 spiro atoms. The van der Waals surface area contributed by atoms with Gasteiger partial charge >= 0.3 is 6.18 Å². The van der Waals surface area contributed by atoms with Crippen molar-refractivity contribution in [3.8, 4) is 11.6 Å². The third-order valence-corrected chi connectivity index (χ3v) is 2.38. The highest BCUT2D eigenvalue weighted by atomic mass is 35.5. The molecule has 2 rings (SSSR count). The van der Waals surface area contributed by atoms with Crippen molar-refractivity contribution in [2.45, 2.75) is 13.1 Å². The van der Waals surface area contributed by atoms with Gasteiger partial charge in [-0.05, 0) is 42.8 Å². The summed E-state index contributed by atoms with van der Waals surface area (Å²) in [7, 11) is 0. The molecule has 0 fully saturated rings. The molecule has 0 bridgehead atoms. The molecule has 7 heteroatoms. The van der Waals surface area contributed by atoms with Crippen molar-refractivity contribution in [1.29, 1.82) is 0 Å². The van der Waals surface area contributed by atoms with Gasteiger partial charge in [0.1, 0.15) is 5.75 Å². The highest BCUT2D eigenvalue weighted by Gasteiger charge is 2.30. The average Bonchev–Trinajstić information content (AvgIpc) is 2.26. The van der Waals surface area contributed by atoms with Crippen LogP contribution < -0.4 is 4.74 Å². The topological polar surface area (TPSA) is 35.0 Å². The van der Waals surface area contributed by atoms with Gasteiger partial charge in [-0.25, -0.2) is 4.98 Å². The molecule has 2 aromatic rings. The Hall–Kier alpha value is -1.82. The molecule has 3 nitrogen and oxygen atoms in total. The maximum Gasteiger partial charge on any atom is 0.416 e. The number of benzene rings is 1. The van der Waals surface area contributed by atoms with Gasteiger partial charge in [-0.3, -0.25) is 0 Å². The van der Waals surface area contributed by atoms with Crippen LogP contribution in [-0.2, 0) is 6.18 Å². The first-order valence-corrected chi connectivity index (χ1v) is 5.59. The van der Waals surface area contributed by atoms with E-state index in [0.717, 1.165) is 12.1 Å². The lowest BCUT2D eigenvalue weighted by Crippen LogP contribution is -2.04. The fourth-order valence-corrected chi connectivity index (χ4v) is 1.61. The molecule has 0 saturated heterocycles. The van der Waals surface area contributed by atoms with Crippen LogP contribution >= 0.6 is 11.6 Å². The first kappa shape index (κ1) is 13.6. The van der Waals surface area contributed by atoms with Gasteiger partial charge in [-0.1, -0.05) is 0 Å². The van der Waals surface area contributed by atoms with Crippen molar-refractivity contribution in [3.05, 3.63) is 46.9 Å². The molecular formula is C12H8ClF3N2O. The first-order chi connectivity index (χ1) is 8.84. The summed E-state index contributed by atoms with van der Waals surface area (Å²) >= 11 is 5.65. The summed E-state index contributed by atoms with van der Waals surface area (Å²) in [6.45, 7) is 1.70. The summed E-state index contributed by atoms with van der Waals surface area (Å²) in [6.07, 6.45) is -4.37. The smallest absolute Gasteiger partial charge is 0.416 e. The number of ether oxygens (including phenoxy) is 1. The van der Waals surface area contributed by atoms with E-state index in [1.165, 1.54) is 18.2 Å². The number of rotatable bonds is 2. The lowest BCUT2D eigenvalue weighted by Gasteiger charge is -2.08. The number of aryl methyl sites for hydroxylation is 1. The van der Waals surface area contributed by atoms with Gasteiger partial charge in [0.05, 0.1) is 5.56 Å². The molecule has 0 aliphatic heterocycles. The van der Waals surface area contributed by atoms with Crippen molar-refractivity contribution in [2.75, 3.05) is 0 Å². The van der Waals surface area contributed by atoms with Crippen LogP contribution in [0.4, 0.5) is 13.2 Å². The van der Waals surface area contributed by atoms with Gasteiger partial charge in [-0.15, -0.1) is 0 Å². The zero-order valence-corrected chi connectivity index (χ0v) is 10.5. The van der Waals surface area contributed by atoms with E-state index >= 15 is 0 Å². The van der Waals surface area contributed by atoms with E-state index < -0.39 is 11.7 Å². The van der Waals surface area contributed by atoms with Crippen LogP contribution in [0.3, 0.4) is 0 Å². The second-order valence-corrected chi connectivity index (χ2v) is 4.08.